The van der Waals surface area contributed by atoms with E-state index >= 15 is 0 Å². The van der Waals surface area contributed by atoms with Gasteiger partial charge in [0.25, 0.3) is 0 Å². The van der Waals surface area contributed by atoms with Crippen molar-refractivity contribution in [3.63, 3.8) is 0 Å². The van der Waals surface area contributed by atoms with Crippen LogP contribution < -0.4 is 15.0 Å². The van der Waals surface area contributed by atoms with E-state index in [0.717, 1.165) is 5.56 Å². The molecule has 0 atom stereocenters. The third-order valence-corrected chi connectivity index (χ3v) is 2.88. The molecular formula is C15H18N4O2. The van der Waals surface area contributed by atoms with Gasteiger partial charge in [-0.2, -0.15) is 4.98 Å². The maximum atomic E-state index is 11.4. The SMILES string of the molecule is CNC(=O)CN(C)c1cncc(OCc2ccccc2)n1. The molecule has 2 rings (SSSR count). The minimum absolute atomic E-state index is 0.0880. The van der Waals surface area contributed by atoms with Crippen molar-refractivity contribution in [3.8, 4) is 5.88 Å². The molecule has 6 heteroatoms. The molecule has 0 aliphatic rings. The van der Waals surface area contributed by atoms with Crippen LogP contribution in [0.5, 0.6) is 5.88 Å². The number of carbonyl (C=O) groups is 1. The number of nitrogens with zero attached hydrogens (tertiary/aromatic N) is 3. The summed E-state index contributed by atoms with van der Waals surface area (Å²) in [5.41, 5.74) is 1.06. The maximum absolute atomic E-state index is 11.4. The summed E-state index contributed by atoms with van der Waals surface area (Å²) in [6.45, 7) is 0.644. The lowest BCUT2D eigenvalue weighted by molar-refractivity contribution is -0.119. The number of hydrogen-bond acceptors (Lipinski definition) is 5. The highest BCUT2D eigenvalue weighted by atomic mass is 16.5. The van der Waals surface area contributed by atoms with Crippen molar-refractivity contribution in [2.24, 2.45) is 0 Å². The van der Waals surface area contributed by atoms with Crippen LogP contribution >= 0.6 is 0 Å². The normalized spacial score (nSPS) is 10.0. The molecule has 0 aliphatic carbocycles. The molecule has 1 N–H and O–H groups in total. The second-order valence-corrected chi connectivity index (χ2v) is 4.52. The molecule has 0 aliphatic heterocycles. The molecule has 0 fully saturated rings. The lowest BCUT2D eigenvalue weighted by atomic mass is 10.2. The lowest BCUT2D eigenvalue weighted by Crippen LogP contribution is -2.33. The third-order valence-electron chi connectivity index (χ3n) is 2.88. The molecule has 0 saturated heterocycles. The van der Waals surface area contributed by atoms with Crippen molar-refractivity contribution in [3.05, 3.63) is 48.3 Å². The van der Waals surface area contributed by atoms with E-state index < -0.39 is 0 Å². The zero-order chi connectivity index (χ0) is 15.1. The summed E-state index contributed by atoms with van der Waals surface area (Å²) in [7, 11) is 3.38. The molecule has 6 nitrogen and oxygen atoms in total. The number of anilines is 1. The molecule has 0 unspecified atom stereocenters. The average Bonchev–Trinajstić information content (AvgIpc) is 2.54. The van der Waals surface area contributed by atoms with Crippen LogP contribution in [0.15, 0.2) is 42.7 Å². The maximum Gasteiger partial charge on any atom is 0.239 e. The Morgan fingerprint density at radius 3 is 2.76 bits per heavy atom. The quantitative estimate of drug-likeness (QED) is 0.865. The van der Waals surface area contributed by atoms with Crippen LogP contribution in [-0.2, 0) is 11.4 Å². The number of benzene rings is 1. The van der Waals surface area contributed by atoms with Gasteiger partial charge in [0.2, 0.25) is 11.8 Å². The van der Waals surface area contributed by atoms with Gasteiger partial charge in [0, 0.05) is 14.1 Å². The Morgan fingerprint density at radius 2 is 2.05 bits per heavy atom. The van der Waals surface area contributed by atoms with Gasteiger partial charge in [-0.25, -0.2) is 0 Å². The van der Waals surface area contributed by atoms with Gasteiger partial charge >= 0.3 is 0 Å². The fraction of sp³-hybridized carbons (Fsp3) is 0.267. The van der Waals surface area contributed by atoms with Gasteiger partial charge in [-0.15, -0.1) is 0 Å². The van der Waals surface area contributed by atoms with Crippen molar-refractivity contribution in [1.82, 2.24) is 15.3 Å². The Morgan fingerprint density at radius 1 is 1.29 bits per heavy atom. The van der Waals surface area contributed by atoms with Crippen LogP contribution in [0.25, 0.3) is 0 Å². The molecule has 0 saturated carbocycles. The number of rotatable bonds is 6. The number of ether oxygens (including phenoxy) is 1. The smallest absolute Gasteiger partial charge is 0.239 e. The van der Waals surface area contributed by atoms with Crippen LogP contribution in [0, 0.1) is 0 Å². The first-order chi connectivity index (χ1) is 10.2. The fourth-order valence-corrected chi connectivity index (χ4v) is 1.70. The Hall–Kier alpha value is -2.63. The summed E-state index contributed by atoms with van der Waals surface area (Å²) in [5.74, 6) is 0.930. The largest absolute Gasteiger partial charge is 0.472 e. The van der Waals surface area contributed by atoms with Crippen molar-refractivity contribution in [2.45, 2.75) is 6.61 Å². The first-order valence-electron chi connectivity index (χ1n) is 6.59. The summed E-state index contributed by atoms with van der Waals surface area (Å²) in [5, 5.41) is 2.57. The van der Waals surface area contributed by atoms with Crippen LogP contribution in [0.2, 0.25) is 0 Å². The molecule has 2 aromatic rings. The van der Waals surface area contributed by atoms with E-state index in [-0.39, 0.29) is 12.5 Å². The van der Waals surface area contributed by atoms with Gasteiger partial charge in [-0.3, -0.25) is 9.78 Å². The standard InChI is InChI=1S/C15H18N4O2/c1-16-14(20)10-19(2)13-8-17-9-15(18-13)21-11-12-6-4-3-5-7-12/h3-9H,10-11H2,1-2H3,(H,16,20). The van der Waals surface area contributed by atoms with E-state index in [2.05, 4.69) is 15.3 Å². The van der Waals surface area contributed by atoms with Crippen LogP contribution in [0.3, 0.4) is 0 Å². The summed E-state index contributed by atoms with van der Waals surface area (Å²) in [4.78, 5) is 21.5. The van der Waals surface area contributed by atoms with E-state index in [1.54, 1.807) is 31.4 Å². The fourth-order valence-electron chi connectivity index (χ4n) is 1.70. The van der Waals surface area contributed by atoms with Crippen molar-refractivity contribution >= 4 is 11.7 Å². The predicted molar refractivity (Wildman–Crippen MR) is 80.1 cm³/mol. The summed E-state index contributed by atoms with van der Waals surface area (Å²) >= 11 is 0. The summed E-state index contributed by atoms with van der Waals surface area (Å²) in [6, 6.07) is 9.83. The monoisotopic (exact) mass is 286 g/mol. The van der Waals surface area contributed by atoms with Gasteiger partial charge in [-0.05, 0) is 5.56 Å². The van der Waals surface area contributed by atoms with Gasteiger partial charge < -0.3 is 15.0 Å². The summed E-state index contributed by atoms with van der Waals surface area (Å²) in [6.07, 6.45) is 3.15. The van der Waals surface area contributed by atoms with Crippen LogP contribution in [-0.4, -0.2) is 36.5 Å². The highest BCUT2D eigenvalue weighted by Crippen LogP contribution is 2.13. The highest BCUT2D eigenvalue weighted by Gasteiger charge is 2.08. The van der Waals surface area contributed by atoms with Gasteiger partial charge in [-0.1, -0.05) is 30.3 Å². The second kappa shape index (κ2) is 7.23. The van der Waals surface area contributed by atoms with E-state index in [4.69, 9.17) is 4.74 Å². The molecule has 0 spiro atoms. The number of amides is 1. The second-order valence-electron chi connectivity index (χ2n) is 4.52. The zero-order valence-electron chi connectivity index (χ0n) is 12.1. The number of aromatic nitrogens is 2. The first-order valence-corrected chi connectivity index (χ1v) is 6.59. The lowest BCUT2D eigenvalue weighted by Gasteiger charge is -2.17. The molecule has 0 bridgehead atoms. The Bertz CT molecular complexity index is 589. The molecular weight excluding hydrogens is 268 g/mol. The average molecular weight is 286 g/mol. The molecule has 1 heterocycles. The summed E-state index contributed by atoms with van der Waals surface area (Å²) < 4.78 is 5.61. The van der Waals surface area contributed by atoms with Crippen molar-refractivity contribution < 1.29 is 9.53 Å². The number of carbonyl (C=O) groups excluding carboxylic acids is 1. The minimum Gasteiger partial charge on any atom is -0.472 e. The van der Waals surface area contributed by atoms with Gasteiger partial charge in [0.05, 0.1) is 18.9 Å². The Labute approximate surface area is 123 Å². The molecule has 0 radical (unpaired) electrons. The van der Waals surface area contributed by atoms with Crippen LogP contribution in [0.4, 0.5) is 5.82 Å². The topological polar surface area (TPSA) is 67.4 Å². The third kappa shape index (κ3) is 4.45. The zero-order valence-corrected chi connectivity index (χ0v) is 12.1. The van der Waals surface area contributed by atoms with Crippen molar-refractivity contribution in [1.29, 1.82) is 0 Å². The Kier molecular flexibility index (Phi) is 5.09. The van der Waals surface area contributed by atoms with Gasteiger partial charge in [0.1, 0.15) is 6.61 Å². The first kappa shape index (κ1) is 14.8. The molecule has 21 heavy (non-hydrogen) atoms. The minimum atomic E-state index is -0.0880. The van der Waals surface area contributed by atoms with E-state index in [9.17, 15) is 4.79 Å². The van der Waals surface area contributed by atoms with Gasteiger partial charge in [0.15, 0.2) is 5.82 Å². The molecule has 1 aromatic heterocycles. The van der Waals surface area contributed by atoms with Crippen LogP contribution in [0.1, 0.15) is 5.56 Å². The van der Waals surface area contributed by atoms with E-state index in [0.29, 0.717) is 18.3 Å². The molecule has 1 amide bonds. The number of hydrogen-bond donors (Lipinski definition) is 1. The predicted octanol–water partition coefficient (Wildman–Crippen LogP) is 1.24. The van der Waals surface area contributed by atoms with E-state index in [1.165, 1.54) is 0 Å². The van der Waals surface area contributed by atoms with Crippen molar-refractivity contribution in [2.75, 3.05) is 25.5 Å². The molecule has 110 valence electrons. The number of nitrogens with one attached hydrogen (secondary N) is 1. The Balaban J connectivity index is 1.99. The highest BCUT2D eigenvalue weighted by molar-refractivity contribution is 5.80. The molecule has 1 aromatic carbocycles. The number of likely N-dealkylation sites (N-methyl/N-ethyl adjacent to an activating group) is 2. The van der Waals surface area contributed by atoms with E-state index in [1.807, 2.05) is 30.3 Å².